The van der Waals surface area contributed by atoms with Crippen LogP contribution < -0.4 is 0 Å². The van der Waals surface area contributed by atoms with E-state index in [1.165, 1.54) is 11.3 Å². The Bertz CT molecular complexity index is 418. The van der Waals surface area contributed by atoms with Gasteiger partial charge < -0.3 is 5.11 Å². The van der Waals surface area contributed by atoms with Crippen LogP contribution in [0, 0.1) is 5.41 Å². The van der Waals surface area contributed by atoms with Gasteiger partial charge >= 0.3 is 0 Å². The summed E-state index contributed by atoms with van der Waals surface area (Å²) >= 11 is 1.39. The molecule has 0 bridgehead atoms. The number of hydrogen-bond donors (Lipinski definition) is 1. The Morgan fingerprint density at radius 1 is 1.47 bits per heavy atom. The number of rotatable bonds is 1. The van der Waals surface area contributed by atoms with Crippen LogP contribution in [-0.2, 0) is 4.79 Å². The minimum Gasteiger partial charge on any atom is -0.511 e. The lowest BCUT2D eigenvalue weighted by Gasteiger charge is -2.28. The zero-order valence-corrected chi connectivity index (χ0v) is 9.60. The van der Waals surface area contributed by atoms with E-state index in [9.17, 15) is 9.90 Å². The Morgan fingerprint density at radius 3 is 2.73 bits per heavy atom. The molecule has 1 N–H and O–H groups in total. The standard InChI is InChI=1S/C11H13NO2S/c1-11(2)5-7(13)9(8(14)6-11)10-12-3-4-15-10/h3-4,13H,5-6H2,1-2H3. The van der Waals surface area contributed by atoms with Crippen molar-refractivity contribution < 1.29 is 9.90 Å². The normalized spacial score (nSPS) is 20.8. The molecule has 80 valence electrons. The lowest BCUT2D eigenvalue weighted by Crippen LogP contribution is -2.25. The molecule has 0 radical (unpaired) electrons. The molecule has 0 spiro atoms. The third-order valence-corrected chi connectivity index (χ3v) is 3.29. The molecule has 1 heterocycles. The number of aliphatic hydroxyl groups is 1. The minimum atomic E-state index is -0.137. The second kappa shape index (κ2) is 3.45. The molecule has 3 nitrogen and oxygen atoms in total. The smallest absolute Gasteiger partial charge is 0.169 e. The number of ketones is 1. The predicted molar refractivity (Wildman–Crippen MR) is 59.7 cm³/mol. The van der Waals surface area contributed by atoms with Crippen molar-refractivity contribution in [3.63, 3.8) is 0 Å². The van der Waals surface area contributed by atoms with E-state index in [1.54, 1.807) is 6.20 Å². The van der Waals surface area contributed by atoms with E-state index in [-0.39, 0.29) is 17.0 Å². The van der Waals surface area contributed by atoms with Crippen molar-refractivity contribution in [1.29, 1.82) is 0 Å². The fraction of sp³-hybridized carbons (Fsp3) is 0.455. The van der Waals surface area contributed by atoms with Gasteiger partial charge in [-0.15, -0.1) is 11.3 Å². The Labute approximate surface area is 92.5 Å². The molecule has 0 atom stereocenters. The van der Waals surface area contributed by atoms with Gasteiger partial charge in [0, 0.05) is 24.4 Å². The Balaban J connectivity index is 2.44. The molecular weight excluding hydrogens is 210 g/mol. The average molecular weight is 223 g/mol. The van der Waals surface area contributed by atoms with Gasteiger partial charge in [-0.25, -0.2) is 4.98 Å². The van der Waals surface area contributed by atoms with Crippen LogP contribution in [0.1, 0.15) is 31.7 Å². The van der Waals surface area contributed by atoms with Crippen molar-refractivity contribution in [3.05, 3.63) is 22.3 Å². The third-order valence-electron chi connectivity index (χ3n) is 2.50. The highest BCUT2D eigenvalue weighted by Gasteiger charge is 2.34. The van der Waals surface area contributed by atoms with Gasteiger partial charge in [0.2, 0.25) is 0 Å². The molecule has 1 aliphatic carbocycles. The highest BCUT2D eigenvalue weighted by Crippen LogP contribution is 2.39. The number of carbonyl (C=O) groups excluding carboxylic acids is 1. The summed E-state index contributed by atoms with van der Waals surface area (Å²) in [4.78, 5) is 15.9. The molecule has 0 amide bonds. The Hall–Kier alpha value is -1.16. The first-order valence-corrected chi connectivity index (χ1v) is 5.73. The summed E-state index contributed by atoms with van der Waals surface area (Å²) in [5.41, 5.74) is 0.284. The summed E-state index contributed by atoms with van der Waals surface area (Å²) in [6.45, 7) is 3.97. The van der Waals surface area contributed by atoms with Crippen LogP contribution in [0.5, 0.6) is 0 Å². The summed E-state index contributed by atoms with van der Waals surface area (Å²) < 4.78 is 0. The van der Waals surface area contributed by atoms with Crippen LogP contribution in [0.3, 0.4) is 0 Å². The maximum atomic E-state index is 11.9. The second-order valence-electron chi connectivity index (χ2n) is 4.60. The minimum absolute atomic E-state index is 0.00120. The SMILES string of the molecule is CC1(C)CC(=O)C(c2nccs2)=C(O)C1. The molecule has 1 aliphatic rings. The first-order chi connectivity index (χ1) is 6.99. The van der Waals surface area contributed by atoms with E-state index in [2.05, 4.69) is 4.98 Å². The highest BCUT2D eigenvalue weighted by atomic mass is 32.1. The van der Waals surface area contributed by atoms with Crippen molar-refractivity contribution in [3.8, 4) is 0 Å². The largest absolute Gasteiger partial charge is 0.511 e. The summed E-state index contributed by atoms with van der Waals surface area (Å²) in [5.74, 6) is 0.185. The highest BCUT2D eigenvalue weighted by molar-refractivity contribution is 7.11. The van der Waals surface area contributed by atoms with Crippen molar-refractivity contribution in [2.45, 2.75) is 26.7 Å². The van der Waals surface area contributed by atoms with Gasteiger partial charge in [0.05, 0.1) is 5.57 Å². The van der Waals surface area contributed by atoms with Gasteiger partial charge in [-0.2, -0.15) is 0 Å². The number of aromatic nitrogens is 1. The van der Waals surface area contributed by atoms with Crippen molar-refractivity contribution >= 4 is 22.7 Å². The summed E-state index contributed by atoms with van der Waals surface area (Å²) in [6.07, 6.45) is 2.67. The quantitative estimate of drug-likeness (QED) is 0.796. The lowest BCUT2D eigenvalue weighted by molar-refractivity contribution is -0.116. The van der Waals surface area contributed by atoms with Crippen molar-refractivity contribution in [1.82, 2.24) is 4.98 Å². The van der Waals surface area contributed by atoms with Gasteiger partial charge in [-0.1, -0.05) is 13.8 Å². The number of aliphatic hydroxyl groups excluding tert-OH is 1. The molecule has 0 aliphatic heterocycles. The summed E-state index contributed by atoms with van der Waals surface area (Å²) in [5, 5.41) is 12.3. The molecular formula is C11H13NO2S. The topological polar surface area (TPSA) is 50.2 Å². The lowest BCUT2D eigenvalue weighted by atomic mass is 9.77. The third kappa shape index (κ3) is 1.95. The molecule has 15 heavy (non-hydrogen) atoms. The van der Waals surface area contributed by atoms with Crippen LogP contribution in [-0.4, -0.2) is 15.9 Å². The fourth-order valence-corrected chi connectivity index (χ4v) is 2.60. The maximum Gasteiger partial charge on any atom is 0.169 e. The van der Waals surface area contributed by atoms with Gasteiger partial charge in [-0.05, 0) is 5.41 Å². The number of carbonyl (C=O) groups is 1. The molecule has 1 aromatic heterocycles. The van der Waals surface area contributed by atoms with Crippen molar-refractivity contribution in [2.75, 3.05) is 0 Å². The molecule has 0 saturated heterocycles. The first-order valence-electron chi connectivity index (χ1n) is 4.85. The average Bonchev–Trinajstić information content (AvgIpc) is 2.52. The molecule has 0 saturated carbocycles. The first kappa shape index (κ1) is 10.4. The predicted octanol–water partition coefficient (Wildman–Crippen LogP) is 2.80. The van der Waals surface area contributed by atoms with Crippen LogP contribution in [0.4, 0.5) is 0 Å². The number of Topliss-reactive ketones (excluding diaryl/α,β-unsaturated/α-hetero) is 1. The number of nitrogens with zero attached hydrogens (tertiary/aromatic N) is 1. The number of allylic oxidation sites excluding steroid dienone is 2. The zero-order valence-electron chi connectivity index (χ0n) is 8.78. The van der Waals surface area contributed by atoms with Gasteiger partial charge in [0.15, 0.2) is 5.78 Å². The van der Waals surface area contributed by atoms with Gasteiger partial charge in [0.25, 0.3) is 0 Å². The number of thiazole rings is 1. The Kier molecular flexibility index (Phi) is 2.38. The van der Waals surface area contributed by atoms with E-state index in [1.807, 2.05) is 19.2 Å². The van der Waals surface area contributed by atoms with E-state index >= 15 is 0 Å². The summed E-state index contributed by atoms with van der Waals surface area (Å²) in [7, 11) is 0. The molecule has 1 aromatic rings. The van der Waals surface area contributed by atoms with E-state index in [0.29, 0.717) is 23.4 Å². The van der Waals surface area contributed by atoms with Gasteiger partial charge in [-0.3, -0.25) is 4.79 Å². The van der Waals surface area contributed by atoms with Crippen LogP contribution in [0.25, 0.3) is 5.57 Å². The summed E-state index contributed by atoms with van der Waals surface area (Å²) in [6, 6.07) is 0. The zero-order chi connectivity index (χ0) is 11.1. The monoisotopic (exact) mass is 223 g/mol. The van der Waals surface area contributed by atoms with Crippen LogP contribution in [0.15, 0.2) is 17.3 Å². The van der Waals surface area contributed by atoms with E-state index in [0.717, 1.165) is 0 Å². The van der Waals surface area contributed by atoms with E-state index < -0.39 is 0 Å². The Morgan fingerprint density at radius 2 is 2.20 bits per heavy atom. The van der Waals surface area contributed by atoms with Crippen LogP contribution >= 0.6 is 11.3 Å². The van der Waals surface area contributed by atoms with E-state index in [4.69, 9.17) is 0 Å². The molecule has 2 rings (SSSR count). The van der Waals surface area contributed by atoms with Crippen molar-refractivity contribution in [2.24, 2.45) is 5.41 Å². The molecule has 0 fully saturated rings. The maximum absolute atomic E-state index is 11.9. The second-order valence-corrected chi connectivity index (χ2v) is 5.49. The van der Waals surface area contributed by atoms with Crippen LogP contribution in [0.2, 0.25) is 0 Å². The fourth-order valence-electron chi connectivity index (χ4n) is 1.88. The number of hydrogen-bond acceptors (Lipinski definition) is 4. The van der Waals surface area contributed by atoms with Gasteiger partial charge in [0.1, 0.15) is 10.8 Å². The molecule has 0 aromatic carbocycles. The molecule has 0 unspecified atom stereocenters. The molecule has 4 heteroatoms.